The fourth-order valence-electron chi connectivity index (χ4n) is 4.10. The summed E-state index contributed by atoms with van der Waals surface area (Å²) in [5.41, 5.74) is 3.00. The van der Waals surface area contributed by atoms with E-state index in [9.17, 15) is 4.79 Å². The smallest absolute Gasteiger partial charge is 0.241 e. The molecule has 158 valence electrons. The minimum atomic E-state index is -0.116. The lowest BCUT2D eigenvalue weighted by Crippen LogP contribution is -2.35. The van der Waals surface area contributed by atoms with Gasteiger partial charge in [0.2, 0.25) is 11.8 Å². The van der Waals surface area contributed by atoms with Crippen LogP contribution in [0.2, 0.25) is 0 Å². The van der Waals surface area contributed by atoms with Crippen LogP contribution < -0.4 is 20.1 Å². The van der Waals surface area contributed by atoms with E-state index in [0.717, 1.165) is 49.3 Å². The third kappa shape index (κ3) is 4.54. The number of benzene rings is 2. The van der Waals surface area contributed by atoms with Crippen LogP contribution in [0.5, 0.6) is 17.4 Å². The minimum absolute atomic E-state index is 0.0172. The van der Waals surface area contributed by atoms with Crippen molar-refractivity contribution in [1.29, 1.82) is 0 Å². The second-order valence-corrected chi connectivity index (χ2v) is 7.95. The van der Waals surface area contributed by atoms with Gasteiger partial charge in [-0.3, -0.25) is 4.79 Å². The molecule has 0 radical (unpaired) electrons. The summed E-state index contributed by atoms with van der Waals surface area (Å²) in [5.74, 6) is 2.09. The van der Waals surface area contributed by atoms with Gasteiger partial charge in [0.15, 0.2) is 0 Å². The molecule has 5 rings (SSSR count). The Morgan fingerprint density at radius 1 is 1.10 bits per heavy atom. The standard InChI is InChI=1S/C25H25N3O3/c29-25(21-7-4-14-26-21)28-19-9-13-24(27-16-19)30-20-10-12-23-18(15-20)8-11-22(31-23)17-5-2-1-3-6-17/h1-3,5-6,9-10,12-13,15-16,21-22,26H,4,7-8,11,14H2,(H,28,29)/t21?,22-/m1/s1. The van der Waals surface area contributed by atoms with Crippen LogP contribution in [0.4, 0.5) is 5.69 Å². The van der Waals surface area contributed by atoms with E-state index < -0.39 is 0 Å². The maximum absolute atomic E-state index is 12.2. The van der Waals surface area contributed by atoms with Gasteiger partial charge in [-0.25, -0.2) is 4.98 Å². The summed E-state index contributed by atoms with van der Waals surface area (Å²) in [6, 6.07) is 19.6. The number of carbonyl (C=O) groups is 1. The molecule has 2 atom stereocenters. The Balaban J connectivity index is 1.21. The van der Waals surface area contributed by atoms with Crippen molar-refractivity contribution in [3.63, 3.8) is 0 Å². The number of pyridine rings is 1. The first kappa shape index (κ1) is 19.6. The summed E-state index contributed by atoms with van der Waals surface area (Å²) in [5, 5.41) is 6.09. The highest BCUT2D eigenvalue weighted by molar-refractivity contribution is 5.94. The summed E-state index contributed by atoms with van der Waals surface area (Å²) in [6.07, 6.45) is 5.47. The Morgan fingerprint density at radius 3 is 2.77 bits per heavy atom. The van der Waals surface area contributed by atoms with Crippen LogP contribution in [0.1, 0.15) is 36.5 Å². The van der Waals surface area contributed by atoms with Crippen LogP contribution in [0, 0.1) is 0 Å². The Kier molecular flexibility index (Phi) is 5.54. The third-order valence-electron chi connectivity index (χ3n) is 5.75. The zero-order chi connectivity index (χ0) is 21.0. The topological polar surface area (TPSA) is 72.5 Å². The molecule has 1 unspecified atom stereocenters. The van der Waals surface area contributed by atoms with Crippen molar-refractivity contribution < 1.29 is 14.3 Å². The number of ether oxygens (including phenoxy) is 2. The van der Waals surface area contributed by atoms with Gasteiger partial charge in [-0.2, -0.15) is 0 Å². The Morgan fingerprint density at radius 2 is 2.00 bits per heavy atom. The van der Waals surface area contributed by atoms with E-state index in [-0.39, 0.29) is 18.1 Å². The monoisotopic (exact) mass is 415 g/mol. The molecule has 3 heterocycles. The molecule has 31 heavy (non-hydrogen) atoms. The third-order valence-corrected chi connectivity index (χ3v) is 5.75. The van der Waals surface area contributed by atoms with E-state index in [4.69, 9.17) is 9.47 Å². The molecule has 0 bridgehead atoms. The zero-order valence-corrected chi connectivity index (χ0v) is 17.2. The predicted octanol–water partition coefficient (Wildman–Crippen LogP) is 4.63. The van der Waals surface area contributed by atoms with Crippen LogP contribution in [0.25, 0.3) is 0 Å². The van der Waals surface area contributed by atoms with E-state index in [0.29, 0.717) is 11.6 Å². The van der Waals surface area contributed by atoms with Gasteiger partial charge < -0.3 is 20.1 Å². The highest BCUT2D eigenvalue weighted by Crippen LogP contribution is 2.37. The molecule has 6 heteroatoms. The van der Waals surface area contributed by atoms with Gasteiger partial charge in [0.05, 0.1) is 17.9 Å². The van der Waals surface area contributed by atoms with Gasteiger partial charge in [-0.1, -0.05) is 30.3 Å². The van der Waals surface area contributed by atoms with Crippen molar-refractivity contribution in [3.8, 4) is 17.4 Å². The van der Waals surface area contributed by atoms with Gasteiger partial charge in [0, 0.05) is 6.07 Å². The first-order valence-electron chi connectivity index (χ1n) is 10.8. The molecule has 1 fully saturated rings. The molecule has 0 saturated carbocycles. The van der Waals surface area contributed by atoms with Crippen molar-refractivity contribution >= 4 is 11.6 Å². The summed E-state index contributed by atoms with van der Waals surface area (Å²) in [7, 11) is 0. The number of hydrogen-bond acceptors (Lipinski definition) is 5. The molecule has 1 aromatic heterocycles. The fraction of sp³-hybridized carbons (Fsp3) is 0.280. The predicted molar refractivity (Wildman–Crippen MR) is 119 cm³/mol. The van der Waals surface area contributed by atoms with Crippen molar-refractivity contribution in [2.24, 2.45) is 0 Å². The van der Waals surface area contributed by atoms with Crippen molar-refractivity contribution in [3.05, 3.63) is 78.0 Å². The van der Waals surface area contributed by atoms with E-state index in [1.54, 1.807) is 18.3 Å². The second-order valence-electron chi connectivity index (χ2n) is 7.95. The molecule has 3 aromatic rings. The maximum atomic E-state index is 12.2. The SMILES string of the molecule is O=C(Nc1ccc(Oc2ccc3c(c2)CC[C@H](c2ccccc2)O3)nc1)C1CCCN1. The van der Waals surface area contributed by atoms with E-state index in [1.165, 1.54) is 5.56 Å². The first-order valence-corrected chi connectivity index (χ1v) is 10.8. The van der Waals surface area contributed by atoms with Gasteiger partial charge in [0.25, 0.3) is 0 Å². The number of carbonyl (C=O) groups excluding carboxylic acids is 1. The summed E-state index contributed by atoms with van der Waals surface area (Å²) in [4.78, 5) is 16.5. The molecular weight excluding hydrogens is 390 g/mol. The molecule has 2 N–H and O–H groups in total. The molecular formula is C25H25N3O3. The lowest BCUT2D eigenvalue weighted by Gasteiger charge is -2.26. The number of amides is 1. The molecule has 6 nitrogen and oxygen atoms in total. The van der Waals surface area contributed by atoms with Crippen LogP contribution in [0.3, 0.4) is 0 Å². The van der Waals surface area contributed by atoms with Gasteiger partial charge >= 0.3 is 0 Å². The Bertz CT molecular complexity index is 1050. The van der Waals surface area contributed by atoms with E-state index in [2.05, 4.69) is 27.8 Å². The van der Waals surface area contributed by atoms with Crippen LogP contribution in [-0.2, 0) is 11.2 Å². The fourth-order valence-corrected chi connectivity index (χ4v) is 4.10. The highest BCUT2D eigenvalue weighted by Gasteiger charge is 2.23. The number of anilines is 1. The van der Waals surface area contributed by atoms with Gasteiger partial charge in [-0.15, -0.1) is 0 Å². The largest absolute Gasteiger partial charge is 0.485 e. The average Bonchev–Trinajstić information content (AvgIpc) is 3.36. The molecule has 1 saturated heterocycles. The van der Waals surface area contributed by atoms with E-state index in [1.807, 2.05) is 36.4 Å². The zero-order valence-electron chi connectivity index (χ0n) is 17.2. The highest BCUT2D eigenvalue weighted by atomic mass is 16.5. The molecule has 2 aromatic carbocycles. The summed E-state index contributed by atoms with van der Waals surface area (Å²) >= 11 is 0. The quantitative estimate of drug-likeness (QED) is 0.636. The number of rotatable bonds is 5. The van der Waals surface area contributed by atoms with Crippen LogP contribution in [-0.4, -0.2) is 23.5 Å². The lowest BCUT2D eigenvalue weighted by atomic mass is 9.97. The average molecular weight is 415 g/mol. The number of aryl methyl sites for hydroxylation is 1. The van der Waals surface area contributed by atoms with Gasteiger partial charge in [0.1, 0.15) is 17.6 Å². The maximum Gasteiger partial charge on any atom is 0.241 e. The summed E-state index contributed by atoms with van der Waals surface area (Å²) in [6.45, 7) is 0.891. The normalized spacial score (nSPS) is 19.9. The number of hydrogen-bond donors (Lipinski definition) is 2. The lowest BCUT2D eigenvalue weighted by molar-refractivity contribution is -0.117. The molecule has 0 aliphatic carbocycles. The van der Waals surface area contributed by atoms with Crippen molar-refractivity contribution in [2.75, 3.05) is 11.9 Å². The summed E-state index contributed by atoms with van der Waals surface area (Å²) < 4.78 is 12.1. The van der Waals surface area contributed by atoms with E-state index >= 15 is 0 Å². The molecule has 0 spiro atoms. The second kappa shape index (κ2) is 8.78. The Hall–Kier alpha value is -3.38. The number of fused-ring (bicyclic) bond motifs is 1. The van der Waals surface area contributed by atoms with Gasteiger partial charge in [-0.05, 0) is 67.6 Å². The molecule has 1 amide bonds. The first-order chi connectivity index (χ1) is 15.2. The number of aromatic nitrogens is 1. The van der Waals surface area contributed by atoms with Crippen LogP contribution in [0.15, 0.2) is 66.9 Å². The van der Waals surface area contributed by atoms with Crippen molar-refractivity contribution in [1.82, 2.24) is 10.3 Å². The Labute approximate surface area is 181 Å². The molecule has 2 aliphatic rings. The van der Waals surface area contributed by atoms with Crippen LogP contribution >= 0.6 is 0 Å². The minimum Gasteiger partial charge on any atom is -0.485 e. The number of nitrogens with one attached hydrogen (secondary N) is 2. The van der Waals surface area contributed by atoms with Crippen molar-refractivity contribution in [2.45, 2.75) is 37.8 Å². The number of nitrogens with zero attached hydrogens (tertiary/aromatic N) is 1. The molecule has 2 aliphatic heterocycles.